The molecule has 0 unspecified atom stereocenters. The molecule has 0 spiro atoms. The second-order valence-corrected chi connectivity index (χ2v) is 3.36. The van der Waals surface area contributed by atoms with E-state index in [1.165, 1.54) is 6.20 Å². The van der Waals surface area contributed by atoms with Crippen molar-refractivity contribution < 1.29 is 4.92 Å². The Hall–Kier alpha value is -2.75. The zero-order valence-electron chi connectivity index (χ0n) is 9.36. The van der Waals surface area contributed by atoms with Crippen LogP contribution in [-0.4, -0.2) is 24.7 Å². The number of hydrazine groups is 1. The van der Waals surface area contributed by atoms with Gasteiger partial charge >= 0.3 is 5.69 Å². The number of nitro groups is 1. The van der Waals surface area contributed by atoms with Gasteiger partial charge in [0.15, 0.2) is 0 Å². The van der Waals surface area contributed by atoms with Crippen LogP contribution in [0.15, 0.2) is 18.6 Å². The van der Waals surface area contributed by atoms with Gasteiger partial charge in [-0.05, 0) is 0 Å². The Labute approximate surface area is 101 Å². The van der Waals surface area contributed by atoms with Crippen LogP contribution < -0.4 is 16.6 Å². The normalized spacial score (nSPS) is 10.1. The highest BCUT2D eigenvalue weighted by Crippen LogP contribution is 2.25. The fraction of sp³-hybridized carbons (Fsp3) is 0.125. The Morgan fingerprint density at radius 2 is 2.28 bits per heavy atom. The van der Waals surface area contributed by atoms with E-state index in [2.05, 4.69) is 25.8 Å². The molecular formula is C8H10N8O2. The van der Waals surface area contributed by atoms with Gasteiger partial charge in [-0.3, -0.25) is 20.2 Å². The molecule has 0 fully saturated rings. The average Bonchev–Trinajstić information content (AvgIpc) is 2.74. The minimum atomic E-state index is -0.584. The lowest BCUT2D eigenvalue weighted by molar-refractivity contribution is -0.384. The number of nitrogens with one attached hydrogen (secondary N) is 2. The van der Waals surface area contributed by atoms with E-state index in [1.807, 2.05) is 0 Å². The molecule has 18 heavy (non-hydrogen) atoms. The summed E-state index contributed by atoms with van der Waals surface area (Å²) in [4.78, 5) is 17.8. The van der Waals surface area contributed by atoms with Crippen LogP contribution in [0.2, 0.25) is 0 Å². The van der Waals surface area contributed by atoms with Gasteiger partial charge < -0.3 is 5.32 Å². The molecule has 0 bridgehead atoms. The molecule has 0 saturated carbocycles. The molecule has 0 aliphatic heterocycles. The first-order chi connectivity index (χ1) is 8.60. The standard InChI is InChI=1S/C8H10N8O2/c1-15-4-5(2-11-15)12-7-6(16(17)18)3-10-8(13-7)14-9/h2-4H,9H2,1H3,(H2,10,12,13,14). The number of hydrogen-bond donors (Lipinski definition) is 3. The first kappa shape index (κ1) is 11.7. The van der Waals surface area contributed by atoms with Crippen LogP contribution in [-0.2, 0) is 7.05 Å². The van der Waals surface area contributed by atoms with Crippen molar-refractivity contribution in [3.63, 3.8) is 0 Å². The first-order valence-electron chi connectivity index (χ1n) is 4.84. The Morgan fingerprint density at radius 1 is 1.50 bits per heavy atom. The lowest BCUT2D eigenvalue weighted by Crippen LogP contribution is -2.12. The van der Waals surface area contributed by atoms with Gasteiger partial charge in [-0.2, -0.15) is 10.1 Å². The number of hydrogen-bond acceptors (Lipinski definition) is 8. The molecule has 0 radical (unpaired) electrons. The minimum Gasteiger partial charge on any atom is -0.332 e. The molecule has 2 heterocycles. The number of rotatable bonds is 4. The highest BCUT2D eigenvalue weighted by molar-refractivity contribution is 5.65. The van der Waals surface area contributed by atoms with Gasteiger partial charge in [0.25, 0.3) is 0 Å². The lowest BCUT2D eigenvalue weighted by atomic mass is 10.4. The quantitative estimate of drug-likeness (QED) is 0.396. The van der Waals surface area contributed by atoms with Crippen molar-refractivity contribution in [2.75, 3.05) is 10.7 Å². The van der Waals surface area contributed by atoms with E-state index in [1.54, 1.807) is 17.9 Å². The number of aromatic nitrogens is 4. The zero-order chi connectivity index (χ0) is 13.1. The molecule has 0 atom stereocenters. The van der Waals surface area contributed by atoms with Gasteiger partial charge in [0.05, 0.1) is 16.8 Å². The van der Waals surface area contributed by atoms with E-state index in [0.29, 0.717) is 5.69 Å². The third kappa shape index (κ3) is 2.32. The average molecular weight is 250 g/mol. The molecule has 0 amide bonds. The summed E-state index contributed by atoms with van der Waals surface area (Å²) in [6, 6.07) is 0. The van der Waals surface area contributed by atoms with E-state index in [9.17, 15) is 10.1 Å². The van der Waals surface area contributed by atoms with Gasteiger partial charge in [0, 0.05) is 13.2 Å². The van der Waals surface area contributed by atoms with Crippen LogP contribution in [0, 0.1) is 10.1 Å². The maximum atomic E-state index is 10.8. The Morgan fingerprint density at radius 3 is 2.83 bits per heavy atom. The molecule has 94 valence electrons. The number of anilines is 3. The summed E-state index contributed by atoms with van der Waals surface area (Å²) in [7, 11) is 1.73. The number of nitrogen functional groups attached to an aromatic ring is 1. The Kier molecular flexibility index (Phi) is 3.02. The van der Waals surface area contributed by atoms with E-state index in [0.717, 1.165) is 6.20 Å². The van der Waals surface area contributed by atoms with Crippen molar-refractivity contribution in [3.8, 4) is 0 Å². The SMILES string of the molecule is Cn1cc(Nc2nc(NN)ncc2[N+](=O)[O-])cn1. The summed E-state index contributed by atoms with van der Waals surface area (Å²) in [6.45, 7) is 0. The molecular weight excluding hydrogens is 240 g/mol. The highest BCUT2D eigenvalue weighted by Gasteiger charge is 2.17. The Bertz CT molecular complexity index is 580. The summed E-state index contributed by atoms with van der Waals surface area (Å²) < 4.78 is 1.55. The van der Waals surface area contributed by atoms with Crippen molar-refractivity contribution in [2.24, 2.45) is 12.9 Å². The minimum absolute atomic E-state index is 0.0379. The third-order valence-electron chi connectivity index (χ3n) is 2.06. The summed E-state index contributed by atoms with van der Waals surface area (Å²) in [6.07, 6.45) is 4.24. The fourth-order valence-corrected chi connectivity index (χ4v) is 1.29. The van der Waals surface area contributed by atoms with Gasteiger partial charge in [0.1, 0.15) is 6.20 Å². The van der Waals surface area contributed by atoms with Gasteiger partial charge in [-0.1, -0.05) is 0 Å². The van der Waals surface area contributed by atoms with Crippen molar-refractivity contribution >= 4 is 23.1 Å². The van der Waals surface area contributed by atoms with Gasteiger partial charge in [-0.15, -0.1) is 0 Å². The monoisotopic (exact) mass is 250 g/mol. The predicted octanol–water partition coefficient (Wildman–Crippen LogP) is 0.147. The maximum absolute atomic E-state index is 10.8. The summed E-state index contributed by atoms with van der Waals surface area (Å²) >= 11 is 0. The summed E-state index contributed by atoms with van der Waals surface area (Å²) in [5, 5.41) is 17.5. The van der Waals surface area contributed by atoms with Crippen molar-refractivity contribution in [3.05, 3.63) is 28.7 Å². The fourth-order valence-electron chi connectivity index (χ4n) is 1.29. The molecule has 2 aromatic rings. The van der Waals surface area contributed by atoms with Crippen LogP contribution in [0.25, 0.3) is 0 Å². The smallest absolute Gasteiger partial charge is 0.329 e. The number of nitrogens with zero attached hydrogens (tertiary/aromatic N) is 5. The molecule has 0 aliphatic carbocycles. The topological polar surface area (TPSA) is 137 Å². The Balaban J connectivity index is 2.37. The number of nitrogens with two attached hydrogens (primary N) is 1. The van der Waals surface area contributed by atoms with E-state index in [4.69, 9.17) is 5.84 Å². The van der Waals surface area contributed by atoms with Crippen molar-refractivity contribution in [1.82, 2.24) is 19.7 Å². The molecule has 4 N–H and O–H groups in total. The molecule has 10 heteroatoms. The lowest BCUT2D eigenvalue weighted by Gasteiger charge is -2.04. The van der Waals surface area contributed by atoms with Gasteiger partial charge in [0.2, 0.25) is 11.8 Å². The van der Waals surface area contributed by atoms with Crippen molar-refractivity contribution in [2.45, 2.75) is 0 Å². The van der Waals surface area contributed by atoms with E-state index < -0.39 is 4.92 Å². The molecule has 0 saturated heterocycles. The molecule has 10 nitrogen and oxygen atoms in total. The first-order valence-corrected chi connectivity index (χ1v) is 4.84. The molecule has 2 rings (SSSR count). The summed E-state index contributed by atoms with van der Waals surface area (Å²) in [5.41, 5.74) is 2.54. The maximum Gasteiger partial charge on any atom is 0.329 e. The van der Waals surface area contributed by atoms with Gasteiger partial charge in [-0.25, -0.2) is 10.8 Å². The third-order valence-corrected chi connectivity index (χ3v) is 2.06. The van der Waals surface area contributed by atoms with E-state index in [-0.39, 0.29) is 17.5 Å². The second-order valence-electron chi connectivity index (χ2n) is 3.36. The predicted molar refractivity (Wildman–Crippen MR) is 63.0 cm³/mol. The largest absolute Gasteiger partial charge is 0.332 e. The van der Waals surface area contributed by atoms with Crippen LogP contribution in [0.1, 0.15) is 0 Å². The zero-order valence-corrected chi connectivity index (χ0v) is 9.36. The molecule has 0 aromatic carbocycles. The second kappa shape index (κ2) is 4.63. The van der Waals surface area contributed by atoms with Crippen LogP contribution in [0.5, 0.6) is 0 Å². The summed E-state index contributed by atoms with van der Waals surface area (Å²) in [5.74, 6) is 5.27. The van der Waals surface area contributed by atoms with Crippen LogP contribution in [0.4, 0.5) is 23.1 Å². The molecule has 2 aromatic heterocycles. The van der Waals surface area contributed by atoms with Crippen molar-refractivity contribution in [1.29, 1.82) is 0 Å². The van der Waals surface area contributed by atoms with Crippen LogP contribution in [0.3, 0.4) is 0 Å². The molecule has 0 aliphatic rings. The highest BCUT2D eigenvalue weighted by atomic mass is 16.6. The van der Waals surface area contributed by atoms with Crippen LogP contribution >= 0.6 is 0 Å². The van der Waals surface area contributed by atoms with E-state index >= 15 is 0 Å². The number of aryl methyl sites for hydroxylation is 1.